The van der Waals surface area contributed by atoms with Crippen LogP contribution in [-0.2, 0) is 6.42 Å². The van der Waals surface area contributed by atoms with E-state index in [0.29, 0.717) is 0 Å². The third-order valence-electron chi connectivity index (χ3n) is 2.46. The zero-order valence-electron chi connectivity index (χ0n) is 11.3. The first-order valence-corrected chi connectivity index (χ1v) is 6.29. The Morgan fingerprint density at radius 2 is 2.00 bits per heavy atom. The van der Waals surface area contributed by atoms with Gasteiger partial charge in [-0.3, -0.25) is 4.79 Å². The van der Waals surface area contributed by atoms with Crippen molar-refractivity contribution in [2.45, 2.75) is 40.5 Å². The summed E-state index contributed by atoms with van der Waals surface area (Å²) in [6.07, 6.45) is 1.95. The SMILES string of the molecule is CCCNC(=O)c1cccc(CC(C)(C)C)c1. The Hall–Kier alpha value is -1.31. The van der Waals surface area contributed by atoms with Crippen LogP contribution in [0.4, 0.5) is 0 Å². The number of carbonyl (C=O) groups is 1. The van der Waals surface area contributed by atoms with Crippen LogP contribution in [0.2, 0.25) is 0 Å². The van der Waals surface area contributed by atoms with Crippen LogP contribution < -0.4 is 5.32 Å². The molecule has 17 heavy (non-hydrogen) atoms. The molecule has 0 fully saturated rings. The summed E-state index contributed by atoms with van der Waals surface area (Å²) in [6, 6.07) is 7.91. The second kappa shape index (κ2) is 5.85. The number of carbonyl (C=O) groups excluding carboxylic acids is 1. The first-order chi connectivity index (χ1) is 7.92. The molecule has 0 atom stereocenters. The van der Waals surface area contributed by atoms with Crippen molar-refractivity contribution in [1.29, 1.82) is 0 Å². The molecule has 0 aliphatic carbocycles. The van der Waals surface area contributed by atoms with Crippen LogP contribution in [0.1, 0.15) is 50.0 Å². The van der Waals surface area contributed by atoms with Crippen LogP contribution in [0.15, 0.2) is 24.3 Å². The minimum atomic E-state index is 0.0302. The van der Waals surface area contributed by atoms with Gasteiger partial charge in [-0.2, -0.15) is 0 Å². The van der Waals surface area contributed by atoms with Gasteiger partial charge in [-0.25, -0.2) is 0 Å². The molecule has 0 radical (unpaired) electrons. The Labute approximate surface area is 104 Å². The maximum atomic E-state index is 11.8. The second-order valence-corrected chi connectivity index (χ2v) is 5.69. The molecule has 2 heteroatoms. The number of hydrogen-bond donors (Lipinski definition) is 1. The highest BCUT2D eigenvalue weighted by atomic mass is 16.1. The summed E-state index contributed by atoms with van der Waals surface area (Å²) < 4.78 is 0. The first-order valence-electron chi connectivity index (χ1n) is 6.29. The van der Waals surface area contributed by atoms with E-state index in [1.807, 2.05) is 18.2 Å². The molecule has 0 spiro atoms. The zero-order valence-corrected chi connectivity index (χ0v) is 11.3. The molecule has 1 amide bonds. The lowest BCUT2D eigenvalue weighted by Gasteiger charge is -2.18. The lowest BCUT2D eigenvalue weighted by molar-refractivity contribution is 0.0953. The van der Waals surface area contributed by atoms with Crippen LogP contribution in [0.3, 0.4) is 0 Å². The summed E-state index contributed by atoms with van der Waals surface area (Å²) in [7, 11) is 0. The Morgan fingerprint density at radius 3 is 2.59 bits per heavy atom. The molecule has 0 saturated carbocycles. The number of hydrogen-bond acceptors (Lipinski definition) is 1. The fourth-order valence-corrected chi connectivity index (χ4v) is 1.78. The topological polar surface area (TPSA) is 29.1 Å². The van der Waals surface area contributed by atoms with Crippen molar-refractivity contribution in [3.05, 3.63) is 35.4 Å². The molecule has 94 valence electrons. The fraction of sp³-hybridized carbons (Fsp3) is 0.533. The highest BCUT2D eigenvalue weighted by Gasteiger charge is 2.12. The van der Waals surface area contributed by atoms with Crippen molar-refractivity contribution < 1.29 is 4.79 Å². The largest absolute Gasteiger partial charge is 0.352 e. The predicted octanol–water partition coefficient (Wildman–Crippen LogP) is 3.42. The number of rotatable bonds is 4. The van der Waals surface area contributed by atoms with Gasteiger partial charge >= 0.3 is 0 Å². The van der Waals surface area contributed by atoms with E-state index in [9.17, 15) is 4.79 Å². The molecule has 2 nitrogen and oxygen atoms in total. The van der Waals surface area contributed by atoms with Crippen molar-refractivity contribution in [1.82, 2.24) is 5.32 Å². The van der Waals surface area contributed by atoms with Gasteiger partial charge in [0.2, 0.25) is 0 Å². The number of benzene rings is 1. The van der Waals surface area contributed by atoms with Gasteiger partial charge in [-0.1, -0.05) is 39.8 Å². The van der Waals surface area contributed by atoms with Crippen LogP contribution in [-0.4, -0.2) is 12.5 Å². The van der Waals surface area contributed by atoms with Gasteiger partial charge in [0.05, 0.1) is 0 Å². The van der Waals surface area contributed by atoms with E-state index < -0.39 is 0 Å². The molecule has 0 aliphatic heterocycles. The van der Waals surface area contributed by atoms with Crippen molar-refractivity contribution in [2.75, 3.05) is 6.54 Å². The van der Waals surface area contributed by atoms with Crippen LogP contribution in [0.25, 0.3) is 0 Å². The monoisotopic (exact) mass is 233 g/mol. The van der Waals surface area contributed by atoms with E-state index in [1.54, 1.807) is 0 Å². The van der Waals surface area contributed by atoms with Gasteiger partial charge in [0.15, 0.2) is 0 Å². The predicted molar refractivity (Wildman–Crippen MR) is 72.2 cm³/mol. The Morgan fingerprint density at radius 1 is 1.29 bits per heavy atom. The van der Waals surface area contributed by atoms with Gasteiger partial charge in [-0.15, -0.1) is 0 Å². The number of nitrogens with one attached hydrogen (secondary N) is 1. The van der Waals surface area contributed by atoms with E-state index in [0.717, 1.165) is 24.9 Å². The second-order valence-electron chi connectivity index (χ2n) is 5.69. The summed E-state index contributed by atoms with van der Waals surface area (Å²) in [6.45, 7) is 9.41. The molecule has 1 aromatic rings. The van der Waals surface area contributed by atoms with E-state index in [-0.39, 0.29) is 11.3 Å². The summed E-state index contributed by atoms with van der Waals surface area (Å²) in [5.74, 6) is 0.0302. The third-order valence-corrected chi connectivity index (χ3v) is 2.46. The minimum absolute atomic E-state index is 0.0302. The first kappa shape index (κ1) is 13.8. The summed E-state index contributed by atoms with van der Waals surface area (Å²) in [4.78, 5) is 11.8. The summed E-state index contributed by atoms with van der Waals surface area (Å²) in [5, 5.41) is 2.90. The third kappa shape index (κ3) is 5.03. The molecule has 0 bridgehead atoms. The fourth-order valence-electron chi connectivity index (χ4n) is 1.78. The molecule has 1 rings (SSSR count). The van der Waals surface area contributed by atoms with Crippen molar-refractivity contribution >= 4 is 5.91 Å². The average Bonchev–Trinajstić information content (AvgIpc) is 2.24. The molecule has 0 aromatic heterocycles. The Bertz CT molecular complexity index is 377. The smallest absolute Gasteiger partial charge is 0.251 e. The number of amides is 1. The summed E-state index contributed by atoms with van der Waals surface area (Å²) >= 11 is 0. The van der Waals surface area contributed by atoms with Gasteiger partial charge in [0.25, 0.3) is 5.91 Å². The Balaban J connectivity index is 2.75. The molecule has 0 heterocycles. The highest BCUT2D eigenvalue weighted by Crippen LogP contribution is 2.21. The van der Waals surface area contributed by atoms with Gasteiger partial charge < -0.3 is 5.32 Å². The standard InChI is InChI=1S/C15H23NO/c1-5-9-16-14(17)13-8-6-7-12(10-13)11-15(2,3)4/h6-8,10H,5,9,11H2,1-4H3,(H,16,17). The molecular formula is C15H23NO. The van der Waals surface area contributed by atoms with E-state index >= 15 is 0 Å². The molecule has 1 N–H and O–H groups in total. The Kier molecular flexibility index (Phi) is 4.73. The molecule has 0 unspecified atom stereocenters. The molecule has 0 aliphatic rings. The maximum Gasteiger partial charge on any atom is 0.251 e. The van der Waals surface area contributed by atoms with Crippen LogP contribution in [0, 0.1) is 5.41 Å². The van der Waals surface area contributed by atoms with Crippen LogP contribution in [0.5, 0.6) is 0 Å². The van der Waals surface area contributed by atoms with Crippen LogP contribution >= 0.6 is 0 Å². The maximum absolute atomic E-state index is 11.8. The highest BCUT2D eigenvalue weighted by molar-refractivity contribution is 5.94. The average molecular weight is 233 g/mol. The van der Waals surface area contributed by atoms with Gasteiger partial charge in [-0.05, 0) is 36.0 Å². The molecule has 1 aromatic carbocycles. The zero-order chi connectivity index (χ0) is 12.9. The van der Waals surface area contributed by atoms with Gasteiger partial charge in [0, 0.05) is 12.1 Å². The van der Waals surface area contributed by atoms with E-state index in [1.165, 1.54) is 5.56 Å². The molecule has 0 saturated heterocycles. The summed E-state index contributed by atoms with van der Waals surface area (Å²) in [5.41, 5.74) is 2.24. The van der Waals surface area contributed by atoms with E-state index in [4.69, 9.17) is 0 Å². The van der Waals surface area contributed by atoms with Gasteiger partial charge in [0.1, 0.15) is 0 Å². The minimum Gasteiger partial charge on any atom is -0.352 e. The quantitative estimate of drug-likeness (QED) is 0.848. The van der Waals surface area contributed by atoms with E-state index in [2.05, 4.69) is 39.1 Å². The van der Waals surface area contributed by atoms with Crippen molar-refractivity contribution in [2.24, 2.45) is 5.41 Å². The van der Waals surface area contributed by atoms with Crippen molar-refractivity contribution in [3.63, 3.8) is 0 Å². The van der Waals surface area contributed by atoms with Crippen molar-refractivity contribution in [3.8, 4) is 0 Å². The lowest BCUT2D eigenvalue weighted by Crippen LogP contribution is -2.24. The lowest BCUT2D eigenvalue weighted by atomic mass is 9.87. The normalized spacial score (nSPS) is 11.3. The molecular weight excluding hydrogens is 210 g/mol.